The fourth-order valence-electron chi connectivity index (χ4n) is 5.60. The summed E-state index contributed by atoms with van der Waals surface area (Å²) in [6.45, 7) is 2.28. The van der Waals surface area contributed by atoms with Gasteiger partial charge in [0, 0.05) is 5.56 Å². The van der Waals surface area contributed by atoms with Crippen LogP contribution in [-0.2, 0) is 6.42 Å². The molecule has 28 heavy (non-hydrogen) atoms. The lowest BCUT2D eigenvalue weighted by Crippen LogP contribution is -2.26. The predicted molar refractivity (Wildman–Crippen MR) is 107 cm³/mol. The minimum Gasteiger partial charge on any atom is -0.202 e. The molecule has 1 nitrogen and oxygen atoms in total. The van der Waals surface area contributed by atoms with Crippen molar-refractivity contribution in [3.05, 3.63) is 29.3 Å². The second-order valence-corrected chi connectivity index (χ2v) is 9.31. The Morgan fingerprint density at radius 1 is 0.786 bits per heavy atom. The molecule has 0 atom stereocenters. The number of aryl methyl sites for hydroxylation is 1. The van der Waals surface area contributed by atoms with Gasteiger partial charge in [-0.15, -0.1) is 0 Å². The second-order valence-electron chi connectivity index (χ2n) is 9.31. The minimum atomic E-state index is -1.35. The van der Waals surface area contributed by atoms with Crippen molar-refractivity contribution < 1.29 is 13.2 Å². The van der Waals surface area contributed by atoms with Crippen LogP contribution in [0.5, 0.6) is 0 Å². The Labute approximate surface area is 168 Å². The van der Waals surface area contributed by atoms with Crippen LogP contribution in [0.25, 0.3) is 0 Å². The summed E-state index contributed by atoms with van der Waals surface area (Å²) < 4.78 is 39.9. The zero-order chi connectivity index (χ0) is 19.9. The number of aromatic nitrogens is 1. The van der Waals surface area contributed by atoms with E-state index in [0.29, 0.717) is 12.3 Å². The van der Waals surface area contributed by atoms with E-state index in [-0.39, 0.29) is 5.56 Å². The minimum absolute atomic E-state index is 0.211. The molecule has 2 saturated carbocycles. The highest BCUT2D eigenvalue weighted by Gasteiger charge is 2.30. The molecule has 0 bridgehead atoms. The molecule has 0 amide bonds. The summed E-state index contributed by atoms with van der Waals surface area (Å²) in [5.41, 5.74) is 0.211. The van der Waals surface area contributed by atoms with E-state index in [4.69, 9.17) is 0 Å². The maximum Gasteiger partial charge on any atom is 0.251 e. The first-order chi connectivity index (χ1) is 13.6. The molecule has 0 unspecified atom stereocenters. The molecule has 2 aliphatic carbocycles. The van der Waals surface area contributed by atoms with Gasteiger partial charge in [-0.25, -0.2) is 4.39 Å². The fourth-order valence-corrected chi connectivity index (χ4v) is 5.60. The third-order valence-corrected chi connectivity index (χ3v) is 7.45. The summed E-state index contributed by atoms with van der Waals surface area (Å²) in [6, 6.07) is 0.974. The molecule has 2 aliphatic rings. The van der Waals surface area contributed by atoms with Gasteiger partial charge in [-0.1, -0.05) is 58.3 Å². The van der Waals surface area contributed by atoms with Crippen molar-refractivity contribution in [1.82, 2.24) is 4.98 Å². The topological polar surface area (TPSA) is 12.9 Å². The average molecular weight is 396 g/mol. The predicted octanol–water partition coefficient (Wildman–Crippen LogP) is 7.62. The molecule has 0 radical (unpaired) electrons. The number of nitrogens with zero attached hydrogens (tertiary/aromatic N) is 1. The lowest BCUT2D eigenvalue weighted by molar-refractivity contribution is 0.140. The largest absolute Gasteiger partial charge is 0.251 e. The van der Waals surface area contributed by atoms with Gasteiger partial charge >= 0.3 is 0 Å². The van der Waals surface area contributed by atoms with Crippen LogP contribution in [-0.4, -0.2) is 4.98 Å². The van der Waals surface area contributed by atoms with Crippen molar-refractivity contribution in [3.63, 3.8) is 0 Å². The quantitative estimate of drug-likeness (QED) is 0.326. The normalized spacial score (nSPS) is 28.4. The Balaban J connectivity index is 1.37. The van der Waals surface area contributed by atoms with Crippen molar-refractivity contribution >= 4 is 0 Å². The number of rotatable bonds is 8. The summed E-state index contributed by atoms with van der Waals surface area (Å²) in [5, 5.41) is 0. The maximum atomic E-state index is 13.7. The van der Waals surface area contributed by atoms with Crippen LogP contribution >= 0.6 is 0 Å². The average Bonchev–Trinajstić information content (AvgIpc) is 2.71. The zero-order valence-electron chi connectivity index (χ0n) is 17.4. The zero-order valence-corrected chi connectivity index (χ0v) is 17.4. The molecule has 1 heterocycles. The number of pyridine rings is 1. The van der Waals surface area contributed by atoms with Gasteiger partial charge in [-0.2, -0.15) is 13.8 Å². The molecule has 0 N–H and O–H groups in total. The lowest BCUT2D eigenvalue weighted by atomic mass is 9.68. The van der Waals surface area contributed by atoms with Gasteiger partial charge in [0.05, 0.1) is 0 Å². The van der Waals surface area contributed by atoms with Crippen molar-refractivity contribution in [2.24, 2.45) is 23.7 Å². The van der Waals surface area contributed by atoms with Gasteiger partial charge in [-0.05, 0) is 68.3 Å². The molecule has 2 fully saturated rings. The van der Waals surface area contributed by atoms with Crippen molar-refractivity contribution in [3.8, 4) is 0 Å². The van der Waals surface area contributed by atoms with E-state index in [2.05, 4.69) is 11.9 Å². The van der Waals surface area contributed by atoms with Gasteiger partial charge < -0.3 is 0 Å². The highest BCUT2D eigenvalue weighted by Crippen LogP contribution is 2.43. The monoisotopic (exact) mass is 395 g/mol. The smallest absolute Gasteiger partial charge is 0.202 e. The second kappa shape index (κ2) is 10.6. The van der Waals surface area contributed by atoms with Gasteiger partial charge in [0.15, 0.2) is 5.82 Å². The van der Waals surface area contributed by atoms with E-state index in [1.165, 1.54) is 77.0 Å². The number of halogens is 3. The molecule has 0 aromatic carbocycles. The third kappa shape index (κ3) is 5.97. The Bertz CT molecular complexity index is 602. The van der Waals surface area contributed by atoms with Crippen LogP contribution < -0.4 is 0 Å². The molecule has 1 aromatic heterocycles. The van der Waals surface area contributed by atoms with Crippen LogP contribution in [0.4, 0.5) is 13.2 Å². The van der Waals surface area contributed by atoms with Crippen LogP contribution in [0.2, 0.25) is 0 Å². The van der Waals surface area contributed by atoms with E-state index < -0.39 is 17.7 Å². The molecular formula is C24H36F3N. The number of hydrogen-bond acceptors (Lipinski definition) is 1. The number of unbranched alkanes of at least 4 members (excludes halogenated alkanes) is 2. The molecular weight excluding hydrogens is 359 g/mol. The van der Waals surface area contributed by atoms with Crippen molar-refractivity contribution in [2.75, 3.05) is 0 Å². The molecule has 158 valence electrons. The highest BCUT2D eigenvalue weighted by atomic mass is 19.2. The van der Waals surface area contributed by atoms with Gasteiger partial charge in [0.25, 0.3) is 5.95 Å². The van der Waals surface area contributed by atoms with E-state index in [1.807, 2.05) is 0 Å². The van der Waals surface area contributed by atoms with Gasteiger partial charge in [0.2, 0.25) is 5.95 Å². The summed E-state index contributed by atoms with van der Waals surface area (Å²) in [4.78, 5) is 3.03. The standard InChI is InChI=1S/C24H36F3N/c1-2-3-4-5-17-6-11-19(12-7-17)20-13-8-18(9-14-20)10-15-21-16-22(25)24(27)28-23(21)26/h16-20H,2-15H2,1H3/t17-,18-,19-,20-. The third-order valence-electron chi connectivity index (χ3n) is 7.45. The summed E-state index contributed by atoms with van der Waals surface area (Å²) in [7, 11) is 0. The Hall–Kier alpha value is -1.06. The number of hydrogen-bond donors (Lipinski definition) is 0. The molecule has 0 aliphatic heterocycles. The van der Waals surface area contributed by atoms with Crippen LogP contribution in [0.15, 0.2) is 6.07 Å². The SMILES string of the molecule is CCCCC[C@H]1CC[C@H]([C@H]2CC[C@H](CCc3cc(F)c(F)nc3F)CC2)CC1. The maximum absolute atomic E-state index is 13.7. The molecule has 4 heteroatoms. The van der Waals surface area contributed by atoms with Crippen LogP contribution in [0, 0.1) is 41.4 Å². The highest BCUT2D eigenvalue weighted by molar-refractivity contribution is 5.13. The van der Waals surface area contributed by atoms with Crippen LogP contribution in [0.3, 0.4) is 0 Å². The van der Waals surface area contributed by atoms with E-state index in [0.717, 1.165) is 30.2 Å². The van der Waals surface area contributed by atoms with E-state index in [9.17, 15) is 13.2 Å². The van der Waals surface area contributed by atoms with E-state index in [1.54, 1.807) is 0 Å². The van der Waals surface area contributed by atoms with Crippen molar-refractivity contribution in [2.45, 2.75) is 96.8 Å². The Morgan fingerprint density at radius 3 is 1.93 bits per heavy atom. The Morgan fingerprint density at radius 2 is 1.36 bits per heavy atom. The Kier molecular flexibility index (Phi) is 8.23. The molecule has 3 rings (SSSR count). The summed E-state index contributed by atoms with van der Waals surface area (Å²) in [6.07, 6.45) is 17.5. The molecule has 0 saturated heterocycles. The summed E-state index contributed by atoms with van der Waals surface area (Å²) >= 11 is 0. The van der Waals surface area contributed by atoms with Gasteiger partial charge in [0.1, 0.15) is 0 Å². The van der Waals surface area contributed by atoms with E-state index >= 15 is 0 Å². The first kappa shape index (κ1) is 21.6. The van der Waals surface area contributed by atoms with Gasteiger partial charge in [-0.3, -0.25) is 0 Å². The fraction of sp³-hybridized carbons (Fsp3) is 0.792. The first-order valence-corrected chi connectivity index (χ1v) is 11.6. The summed E-state index contributed by atoms with van der Waals surface area (Å²) in [5.74, 6) is 0.0779. The molecule has 1 aromatic rings. The van der Waals surface area contributed by atoms with Crippen LogP contribution in [0.1, 0.15) is 96.0 Å². The van der Waals surface area contributed by atoms with Crippen molar-refractivity contribution in [1.29, 1.82) is 0 Å². The molecule has 0 spiro atoms. The first-order valence-electron chi connectivity index (χ1n) is 11.6. The lowest BCUT2D eigenvalue weighted by Gasteiger charge is -2.38.